The Morgan fingerprint density at radius 3 is 2.89 bits per heavy atom. The van der Waals surface area contributed by atoms with E-state index >= 15 is 0 Å². The monoisotopic (exact) mass is 249 g/mol. The van der Waals surface area contributed by atoms with E-state index in [4.69, 9.17) is 5.73 Å². The van der Waals surface area contributed by atoms with Gasteiger partial charge in [0, 0.05) is 5.56 Å². The predicted molar refractivity (Wildman–Crippen MR) is 64.0 cm³/mol. The van der Waals surface area contributed by atoms with E-state index in [2.05, 4.69) is 9.72 Å². The summed E-state index contributed by atoms with van der Waals surface area (Å²) in [7, 11) is 1.24. The summed E-state index contributed by atoms with van der Waals surface area (Å²) in [5.41, 5.74) is 6.79. The first-order valence-corrected chi connectivity index (χ1v) is 5.23. The van der Waals surface area contributed by atoms with Crippen LogP contribution in [-0.2, 0) is 4.74 Å². The Morgan fingerprint density at radius 2 is 2.22 bits per heavy atom. The van der Waals surface area contributed by atoms with Crippen molar-refractivity contribution in [3.63, 3.8) is 0 Å². The Balaban J connectivity index is 2.56. The van der Waals surface area contributed by atoms with Crippen molar-refractivity contribution in [2.75, 3.05) is 12.8 Å². The van der Waals surface area contributed by atoms with Crippen LogP contribution in [0.3, 0.4) is 0 Å². The standard InChI is InChI=1S/C12H12FN3O2/c1-7-8(13)4-3-5-9(7)16-6-15-10(11(16)14)12(17)18-2/h3-6H,14H2,1-2H3. The lowest BCUT2D eigenvalue weighted by atomic mass is 10.2. The maximum atomic E-state index is 13.5. The molecule has 1 heterocycles. The summed E-state index contributed by atoms with van der Waals surface area (Å²) < 4.78 is 19.5. The molecular formula is C12H12FN3O2. The number of halogens is 1. The summed E-state index contributed by atoms with van der Waals surface area (Å²) in [6.07, 6.45) is 1.36. The first-order valence-electron chi connectivity index (χ1n) is 5.23. The van der Waals surface area contributed by atoms with Gasteiger partial charge < -0.3 is 10.5 Å². The van der Waals surface area contributed by atoms with E-state index in [9.17, 15) is 9.18 Å². The molecule has 0 unspecified atom stereocenters. The fraction of sp³-hybridized carbons (Fsp3) is 0.167. The number of hydrogen-bond acceptors (Lipinski definition) is 4. The lowest BCUT2D eigenvalue weighted by molar-refractivity contribution is 0.0596. The van der Waals surface area contributed by atoms with Crippen LogP contribution in [0.1, 0.15) is 16.1 Å². The van der Waals surface area contributed by atoms with Crippen LogP contribution in [0.5, 0.6) is 0 Å². The Labute approximate surface area is 103 Å². The molecule has 94 valence electrons. The van der Waals surface area contributed by atoms with Gasteiger partial charge >= 0.3 is 5.97 Å². The quantitative estimate of drug-likeness (QED) is 0.822. The highest BCUT2D eigenvalue weighted by molar-refractivity contribution is 5.92. The van der Waals surface area contributed by atoms with Gasteiger partial charge in [-0.2, -0.15) is 0 Å². The number of carbonyl (C=O) groups is 1. The van der Waals surface area contributed by atoms with Gasteiger partial charge in [0.2, 0.25) is 0 Å². The van der Waals surface area contributed by atoms with Gasteiger partial charge in [0.05, 0.1) is 12.8 Å². The smallest absolute Gasteiger partial charge is 0.360 e. The molecule has 5 nitrogen and oxygen atoms in total. The van der Waals surface area contributed by atoms with Crippen molar-refractivity contribution in [3.8, 4) is 5.69 Å². The number of anilines is 1. The molecule has 0 aliphatic heterocycles. The third-order valence-electron chi connectivity index (χ3n) is 2.68. The number of imidazole rings is 1. The van der Waals surface area contributed by atoms with E-state index in [1.54, 1.807) is 19.1 Å². The second-order valence-electron chi connectivity index (χ2n) is 3.72. The highest BCUT2D eigenvalue weighted by Crippen LogP contribution is 2.22. The summed E-state index contributed by atoms with van der Waals surface area (Å²) in [5.74, 6) is -0.851. The number of rotatable bonds is 2. The van der Waals surface area contributed by atoms with Crippen molar-refractivity contribution in [1.82, 2.24) is 9.55 Å². The normalized spacial score (nSPS) is 10.4. The van der Waals surface area contributed by atoms with Gasteiger partial charge in [0.15, 0.2) is 5.69 Å². The third-order valence-corrected chi connectivity index (χ3v) is 2.68. The molecule has 1 aromatic carbocycles. The molecule has 0 aliphatic rings. The fourth-order valence-electron chi connectivity index (χ4n) is 1.66. The van der Waals surface area contributed by atoms with Gasteiger partial charge in [-0.1, -0.05) is 6.07 Å². The van der Waals surface area contributed by atoms with Gasteiger partial charge in [0.1, 0.15) is 18.0 Å². The first kappa shape index (κ1) is 12.1. The SMILES string of the molecule is COC(=O)c1ncn(-c2cccc(F)c2C)c1N. The number of aromatic nitrogens is 2. The molecule has 0 radical (unpaired) electrons. The average Bonchev–Trinajstić information content (AvgIpc) is 2.74. The van der Waals surface area contributed by atoms with Crippen LogP contribution in [0.4, 0.5) is 10.2 Å². The van der Waals surface area contributed by atoms with Crippen LogP contribution in [-0.4, -0.2) is 22.6 Å². The molecule has 0 fully saturated rings. The van der Waals surface area contributed by atoms with Crippen molar-refractivity contribution < 1.29 is 13.9 Å². The van der Waals surface area contributed by atoms with Crippen molar-refractivity contribution in [1.29, 1.82) is 0 Å². The Kier molecular flexibility index (Phi) is 3.01. The second kappa shape index (κ2) is 4.48. The molecule has 0 saturated carbocycles. The highest BCUT2D eigenvalue weighted by atomic mass is 19.1. The predicted octanol–water partition coefficient (Wildman–Crippen LogP) is 1.69. The zero-order valence-electron chi connectivity index (χ0n) is 9.98. The summed E-state index contributed by atoms with van der Waals surface area (Å²) in [6, 6.07) is 4.61. The van der Waals surface area contributed by atoms with E-state index in [-0.39, 0.29) is 17.3 Å². The summed E-state index contributed by atoms with van der Waals surface area (Å²) in [4.78, 5) is 15.3. The third kappa shape index (κ3) is 1.81. The van der Waals surface area contributed by atoms with Crippen molar-refractivity contribution in [2.45, 2.75) is 6.92 Å². The largest absolute Gasteiger partial charge is 0.464 e. The molecule has 6 heteroatoms. The topological polar surface area (TPSA) is 70.1 Å². The number of benzene rings is 1. The second-order valence-corrected chi connectivity index (χ2v) is 3.72. The lowest BCUT2D eigenvalue weighted by Crippen LogP contribution is -2.08. The van der Waals surface area contributed by atoms with Gasteiger partial charge in [-0.05, 0) is 19.1 Å². The zero-order valence-corrected chi connectivity index (χ0v) is 9.98. The van der Waals surface area contributed by atoms with Gasteiger partial charge in [-0.15, -0.1) is 0 Å². The number of nitrogen functional groups attached to an aromatic ring is 1. The van der Waals surface area contributed by atoms with E-state index in [0.29, 0.717) is 11.3 Å². The molecule has 0 saturated heterocycles. The Morgan fingerprint density at radius 1 is 1.50 bits per heavy atom. The molecule has 0 aliphatic carbocycles. The van der Waals surface area contributed by atoms with E-state index < -0.39 is 5.97 Å². The molecule has 0 amide bonds. The van der Waals surface area contributed by atoms with Crippen LogP contribution in [0, 0.1) is 12.7 Å². The summed E-state index contributed by atoms with van der Waals surface area (Å²) in [5, 5.41) is 0. The minimum absolute atomic E-state index is 0.0150. The molecule has 0 bridgehead atoms. The van der Waals surface area contributed by atoms with E-state index in [0.717, 1.165) is 0 Å². The van der Waals surface area contributed by atoms with Crippen LogP contribution in [0.25, 0.3) is 5.69 Å². The highest BCUT2D eigenvalue weighted by Gasteiger charge is 2.18. The molecule has 2 N–H and O–H groups in total. The van der Waals surface area contributed by atoms with Gasteiger partial charge in [-0.25, -0.2) is 14.2 Å². The van der Waals surface area contributed by atoms with Crippen LogP contribution < -0.4 is 5.73 Å². The van der Waals surface area contributed by atoms with Crippen LogP contribution >= 0.6 is 0 Å². The Hall–Kier alpha value is -2.37. The first-order chi connectivity index (χ1) is 8.56. The van der Waals surface area contributed by atoms with Crippen LogP contribution in [0.2, 0.25) is 0 Å². The van der Waals surface area contributed by atoms with E-state index in [1.165, 1.54) is 24.1 Å². The zero-order chi connectivity index (χ0) is 13.3. The minimum Gasteiger partial charge on any atom is -0.464 e. The maximum absolute atomic E-state index is 13.5. The number of hydrogen-bond donors (Lipinski definition) is 1. The van der Waals surface area contributed by atoms with E-state index in [1.807, 2.05) is 0 Å². The molecule has 1 aromatic heterocycles. The number of nitrogens with two attached hydrogens (primary N) is 1. The number of ether oxygens (including phenoxy) is 1. The summed E-state index contributed by atoms with van der Waals surface area (Å²) in [6.45, 7) is 1.63. The van der Waals surface area contributed by atoms with Crippen molar-refractivity contribution >= 4 is 11.8 Å². The minimum atomic E-state index is -0.625. The fourth-order valence-corrected chi connectivity index (χ4v) is 1.66. The Bertz CT molecular complexity index is 607. The summed E-state index contributed by atoms with van der Waals surface area (Å²) >= 11 is 0. The van der Waals surface area contributed by atoms with Crippen LogP contribution in [0.15, 0.2) is 24.5 Å². The van der Waals surface area contributed by atoms with Gasteiger partial charge in [0.25, 0.3) is 0 Å². The van der Waals surface area contributed by atoms with Gasteiger partial charge in [-0.3, -0.25) is 4.57 Å². The molecule has 18 heavy (non-hydrogen) atoms. The number of methoxy groups -OCH3 is 1. The van der Waals surface area contributed by atoms with Crippen molar-refractivity contribution in [3.05, 3.63) is 41.6 Å². The molecule has 0 spiro atoms. The van der Waals surface area contributed by atoms with Crippen molar-refractivity contribution in [2.24, 2.45) is 0 Å². The number of carbonyl (C=O) groups excluding carboxylic acids is 1. The molecule has 2 aromatic rings. The molecule has 2 rings (SSSR count). The maximum Gasteiger partial charge on any atom is 0.360 e. The average molecular weight is 249 g/mol. The molecular weight excluding hydrogens is 237 g/mol. The molecule has 0 atom stereocenters. The number of nitrogens with zero attached hydrogens (tertiary/aromatic N) is 2. The lowest BCUT2D eigenvalue weighted by Gasteiger charge is -2.09. The number of esters is 1.